The van der Waals surface area contributed by atoms with Crippen molar-refractivity contribution in [1.29, 1.82) is 0 Å². The molecule has 2 aliphatic heterocycles. The second-order valence-electron chi connectivity index (χ2n) is 9.67. The molecule has 42 heavy (non-hydrogen) atoms. The third kappa shape index (κ3) is 3.74. The Hall–Kier alpha value is -5.27. The minimum atomic E-state index is 0. The summed E-state index contributed by atoms with van der Waals surface area (Å²) in [5.74, 6) is 2.21. The van der Waals surface area contributed by atoms with Crippen LogP contribution in [-0.4, -0.2) is 29.9 Å². The molecule has 5 heterocycles. The molecule has 0 unspecified atom stereocenters. The fourth-order valence-electron chi connectivity index (χ4n) is 5.46. The average Bonchev–Trinajstić information content (AvgIpc) is 3.73. The van der Waals surface area contributed by atoms with Crippen molar-refractivity contribution >= 4 is 44.1 Å². The maximum absolute atomic E-state index is 4.95. The topological polar surface area (TPSA) is 106 Å². The van der Waals surface area contributed by atoms with Gasteiger partial charge in [-0.1, -0.05) is 97.1 Å². The summed E-state index contributed by atoms with van der Waals surface area (Å²) < 4.78 is 0. The number of nitrogens with zero attached hydrogens (tertiary/aromatic N) is 8. The molecule has 0 atom stereocenters. The largest absolute Gasteiger partial charge is 3.00 e. The number of hydrogen-bond acceptors (Lipinski definition) is 6. The first-order chi connectivity index (χ1) is 19.8. The van der Waals surface area contributed by atoms with Crippen LogP contribution in [0.25, 0.3) is 89.7 Å². The zero-order chi connectivity index (χ0) is 26.2. The maximum Gasteiger partial charge on any atom is 3.00 e. The van der Waals surface area contributed by atoms with E-state index in [-0.39, 0.29) is 23.9 Å². The van der Waals surface area contributed by atoms with E-state index in [9.17, 15) is 0 Å². The van der Waals surface area contributed by atoms with Gasteiger partial charge in [0.05, 0.1) is 23.3 Å². The molecule has 0 saturated carbocycles. The Balaban J connectivity index is 0.00000144. The van der Waals surface area contributed by atoms with E-state index in [1.165, 1.54) is 0 Å². The van der Waals surface area contributed by atoms with Gasteiger partial charge in [-0.15, -0.1) is 0 Å². The molecule has 201 valence electrons. The summed E-state index contributed by atoms with van der Waals surface area (Å²) in [6.07, 6.45) is 0. The molecule has 0 amide bonds. The first-order valence-corrected chi connectivity index (χ1v) is 12.9. The molecule has 0 N–H and O–H groups in total. The number of aromatic nitrogens is 8. The molecule has 0 spiro atoms. The smallest absolute Gasteiger partial charge is 0.358 e. The van der Waals surface area contributed by atoms with Crippen molar-refractivity contribution in [2.24, 2.45) is 0 Å². The van der Waals surface area contributed by atoms with Crippen LogP contribution in [0.4, 0.5) is 0 Å². The molecule has 1 radical (unpaired) electrons. The van der Waals surface area contributed by atoms with E-state index in [1.54, 1.807) is 0 Å². The van der Waals surface area contributed by atoms with Crippen LogP contribution in [0.15, 0.2) is 97.1 Å². The molecule has 3 aromatic heterocycles. The quantitative estimate of drug-likeness (QED) is 0.145. The van der Waals surface area contributed by atoms with E-state index in [2.05, 4.69) is 0 Å². The molecule has 9 rings (SSSR count). The van der Waals surface area contributed by atoms with E-state index in [4.69, 9.17) is 39.9 Å². The number of hydrogen-bond donors (Lipinski definition) is 0. The van der Waals surface area contributed by atoms with Gasteiger partial charge < -0.3 is 37.3 Å². The molecule has 4 aromatic carbocycles. The van der Waals surface area contributed by atoms with Crippen LogP contribution in [0.3, 0.4) is 0 Å². The number of benzene rings is 4. The Morgan fingerprint density at radius 3 is 0.833 bits per heavy atom. The molecule has 8 bridgehead atoms. The molecule has 2 aliphatic rings. The predicted molar refractivity (Wildman–Crippen MR) is 160 cm³/mol. The SMILES string of the molecule is [CH3-].[Ni+3].c1ccc2c(c1)-c1nc-2nc2[n-]c(nc3nc(nc4[n-]c(n1)c1ccccc41)-c1ccccc1-3)c1ccccc21. The molecule has 8 nitrogen and oxygen atoms in total. The van der Waals surface area contributed by atoms with E-state index in [0.29, 0.717) is 45.9 Å². The van der Waals surface area contributed by atoms with Crippen LogP contribution in [-0.2, 0) is 16.5 Å². The van der Waals surface area contributed by atoms with E-state index in [1.807, 2.05) is 97.1 Å². The van der Waals surface area contributed by atoms with Crippen molar-refractivity contribution in [3.05, 3.63) is 104 Å². The standard InChI is InChI=1S/C32H16N8.CH3.Ni/c1-2-10-18-17(9-1)25-33-26(18)38-28-21-13-5-6-14-22(21)30(35-28)40-32-24-16-8-7-15-23(24)31(36-32)39-29-20-12-4-3-11-19(20)27(34-29)37-25;;/h1-16H;1H3;/q-2;-1;+3. The third-order valence-electron chi connectivity index (χ3n) is 7.33. The molecular weight excluding hydrogens is 567 g/mol. The van der Waals surface area contributed by atoms with Crippen LogP contribution in [0.1, 0.15) is 0 Å². The van der Waals surface area contributed by atoms with Crippen LogP contribution in [0.2, 0.25) is 0 Å². The molecule has 0 aliphatic carbocycles. The van der Waals surface area contributed by atoms with Crippen LogP contribution >= 0.6 is 0 Å². The number of fused-ring (bicyclic) bond motifs is 20. The van der Waals surface area contributed by atoms with Gasteiger partial charge in [0.25, 0.3) is 0 Å². The van der Waals surface area contributed by atoms with Gasteiger partial charge in [0, 0.05) is 44.8 Å². The van der Waals surface area contributed by atoms with Gasteiger partial charge in [0.1, 0.15) is 0 Å². The summed E-state index contributed by atoms with van der Waals surface area (Å²) >= 11 is 0. The van der Waals surface area contributed by atoms with Crippen LogP contribution < -0.4 is 9.97 Å². The summed E-state index contributed by atoms with van der Waals surface area (Å²) in [6, 6.07) is 31.8. The van der Waals surface area contributed by atoms with Crippen molar-refractivity contribution < 1.29 is 16.5 Å². The molecule has 7 aromatic rings. The zero-order valence-corrected chi connectivity index (χ0v) is 23.1. The minimum absolute atomic E-state index is 0. The molecule has 0 fully saturated rings. The van der Waals surface area contributed by atoms with Crippen molar-refractivity contribution in [2.75, 3.05) is 0 Å². The Morgan fingerprint density at radius 1 is 0.333 bits per heavy atom. The Morgan fingerprint density at radius 2 is 0.571 bits per heavy atom. The summed E-state index contributed by atoms with van der Waals surface area (Å²) in [5, 5.41) is 3.57. The average molecular weight is 586 g/mol. The second kappa shape index (κ2) is 9.68. The Labute approximate surface area is 249 Å². The van der Waals surface area contributed by atoms with Crippen LogP contribution in [0, 0.1) is 7.43 Å². The summed E-state index contributed by atoms with van der Waals surface area (Å²) in [5.41, 5.74) is 5.78. The normalized spacial score (nSPS) is 11.4. The van der Waals surface area contributed by atoms with Crippen molar-refractivity contribution in [3.63, 3.8) is 0 Å². The summed E-state index contributed by atoms with van der Waals surface area (Å²) in [6.45, 7) is 0. The van der Waals surface area contributed by atoms with Gasteiger partial charge >= 0.3 is 16.5 Å². The van der Waals surface area contributed by atoms with E-state index < -0.39 is 0 Å². The van der Waals surface area contributed by atoms with Gasteiger partial charge in [0.2, 0.25) is 0 Å². The van der Waals surface area contributed by atoms with Crippen LogP contribution in [0.5, 0.6) is 0 Å². The molecule has 9 heteroatoms. The zero-order valence-electron chi connectivity index (χ0n) is 22.1. The Bertz CT molecular complexity index is 2030. The minimum Gasteiger partial charge on any atom is -0.358 e. The van der Waals surface area contributed by atoms with Gasteiger partial charge in [-0.3, -0.25) is 0 Å². The second-order valence-corrected chi connectivity index (χ2v) is 9.67. The monoisotopic (exact) mass is 585 g/mol. The summed E-state index contributed by atoms with van der Waals surface area (Å²) in [4.78, 5) is 39.3. The van der Waals surface area contributed by atoms with Crippen molar-refractivity contribution in [2.45, 2.75) is 0 Å². The fourth-order valence-corrected chi connectivity index (χ4v) is 5.46. The maximum atomic E-state index is 4.95. The number of rotatable bonds is 0. The molecule has 0 saturated heterocycles. The molecular formula is C33H19N8Ni. The first kappa shape index (κ1) is 25.7. The van der Waals surface area contributed by atoms with E-state index >= 15 is 0 Å². The van der Waals surface area contributed by atoms with Gasteiger partial charge in [-0.25, -0.2) is 9.97 Å². The van der Waals surface area contributed by atoms with Gasteiger partial charge in [-0.2, -0.15) is 0 Å². The van der Waals surface area contributed by atoms with E-state index in [0.717, 1.165) is 43.8 Å². The predicted octanol–water partition coefficient (Wildman–Crippen LogP) is 6.58. The summed E-state index contributed by atoms with van der Waals surface area (Å²) in [7, 11) is 0. The first-order valence-electron chi connectivity index (χ1n) is 12.9. The van der Waals surface area contributed by atoms with Crippen molar-refractivity contribution in [3.8, 4) is 45.6 Å². The fraction of sp³-hybridized carbons (Fsp3) is 0. The third-order valence-corrected chi connectivity index (χ3v) is 7.33. The Kier molecular flexibility index (Phi) is 5.92. The van der Waals surface area contributed by atoms with Crippen molar-refractivity contribution in [1.82, 2.24) is 39.9 Å². The van der Waals surface area contributed by atoms with Gasteiger partial charge in [-0.05, 0) is 21.5 Å². The van der Waals surface area contributed by atoms with Gasteiger partial charge in [0.15, 0.2) is 0 Å².